The van der Waals surface area contributed by atoms with Crippen LogP contribution >= 0.6 is 0 Å². The van der Waals surface area contributed by atoms with Gasteiger partial charge in [-0.25, -0.2) is 4.79 Å². The summed E-state index contributed by atoms with van der Waals surface area (Å²) in [5, 5.41) is 35.4. The molecule has 3 aromatic carbocycles. The SMILES string of the molecule is CC(NC(=O)[C@H](C)NC(=O)[C@H](C)NC(=O)OCC1c2ccccc2-c2ccccc21)C(=O)N[C@@H](Cc1ccc(O)cc1)C(=O)N[C@@H](C)C(=O)N[C@@H](C)C(=O)NCC(=O)O. The largest absolute Gasteiger partial charge is 0.508 e. The van der Waals surface area contributed by atoms with E-state index < -0.39 is 90.3 Å². The Morgan fingerprint density at radius 2 is 0.983 bits per heavy atom. The number of rotatable bonds is 18. The Kier molecular flexibility index (Phi) is 15.5. The average Bonchev–Trinajstić information content (AvgIpc) is 3.52. The van der Waals surface area contributed by atoms with E-state index in [1.807, 2.05) is 48.5 Å². The number of hydrogen-bond donors (Lipinski definition) is 9. The van der Waals surface area contributed by atoms with E-state index in [0.717, 1.165) is 22.3 Å². The molecule has 0 aromatic heterocycles. The topological polar surface area (TPSA) is 270 Å². The lowest BCUT2D eigenvalue weighted by atomic mass is 9.98. The maximum absolute atomic E-state index is 13.4. The molecule has 18 nitrogen and oxygen atoms in total. The highest BCUT2D eigenvalue weighted by molar-refractivity contribution is 5.97. The summed E-state index contributed by atoms with van der Waals surface area (Å²) < 4.78 is 5.51. The molecule has 9 N–H and O–H groups in total. The molecule has 1 aliphatic carbocycles. The fourth-order valence-corrected chi connectivity index (χ4v) is 6.16. The van der Waals surface area contributed by atoms with Crippen LogP contribution in [0.5, 0.6) is 5.75 Å². The van der Waals surface area contributed by atoms with Gasteiger partial charge in [0.2, 0.25) is 35.4 Å². The first-order valence-electron chi connectivity index (χ1n) is 18.9. The molecule has 0 spiro atoms. The first-order valence-corrected chi connectivity index (χ1v) is 18.9. The lowest BCUT2D eigenvalue weighted by Crippen LogP contribution is -2.58. The molecule has 59 heavy (non-hydrogen) atoms. The van der Waals surface area contributed by atoms with Crippen LogP contribution in [-0.4, -0.2) is 107 Å². The maximum atomic E-state index is 13.4. The van der Waals surface area contributed by atoms with E-state index in [1.165, 1.54) is 58.9 Å². The fourth-order valence-electron chi connectivity index (χ4n) is 6.16. The molecule has 3 aromatic rings. The quantitative estimate of drug-likeness (QED) is 0.0857. The Morgan fingerprint density at radius 1 is 0.559 bits per heavy atom. The number of carbonyl (C=O) groups is 8. The van der Waals surface area contributed by atoms with Gasteiger partial charge in [-0.05, 0) is 74.6 Å². The number of phenolic OH excluding ortho intramolecular Hbond substituents is 1. The van der Waals surface area contributed by atoms with E-state index in [0.29, 0.717) is 5.56 Å². The number of phenols is 1. The number of aromatic hydroxyl groups is 1. The number of carbonyl (C=O) groups excluding carboxylic acids is 7. The zero-order valence-corrected chi connectivity index (χ0v) is 33.2. The highest BCUT2D eigenvalue weighted by Gasteiger charge is 2.31. The molecule has 1 aliphatic rings. The Labute approximate surface area is 340 Å². The van der Waals surface area contributed by atoms with Crippen molar-refractivity contribution in [2.24, 2.45) is 0 Å². The van der Waals surface area contributed by atoms with Gasteiger partial charge in [-0.3, -0.25) is 33.6 Å². The number of alkyl carbamates (subject to hydrolysis) is 1. The number of nitrogens with one attached hydrogen (secondary N) is 7. The van der Waals surface area contributed by atoms with Crippen molar-refractivity contribution in [3.63, 3.8) is 0 Å². The first-order chi connectivity index (χ1) is 27.9. The molecule has 0 aliphatic heterocycles. The van der Waals surface area contributed by atoms with Crippen molar-refractivity contribution >= 4 is 47.5 Å². The predicted octanol–water partition coefficient (Wildman–Crippen LogP) is 0.566. The van der Waals surface area contributed by atoms with E-state index in [-0.39, 0.29) is 24.7 Å². The Morgan fingerprint density at radius 3 is 1.47 bits per heavy atom. The Bertz CT molecular complexity index is 2010. The van der Waals surface area contributed by atoms with Crippen molar-refractivity contribution < 1.29 is 53.3 Å². The number of fused-ring (bicyclic) bond motifs is 3. The van der Waals surface area contributed by atoms with Crippen LogP contribution in [0.3, 0.4) is 0 Å². The van der Waals surface area contributed by atoms with Gasteiger partial charge in [0.15, 0.2) is 0 Å². The van der Waals surface area contributed by atoms with Gasteiger partial charge in [-0.1, -0.05) is 60.7 Å². The molecular formula is C41H49N7O11. The van der Waals surface area contributed by atoms with Crippen LogP contribution in [0.4, 0.5) is 4.79 Å². The molecule has 7 amide bonds. The highest BCUT2D eigenvalue weighted by Crippen LogP contribution is 2.44. The van der Waals surface area contributed by atoms with Crippen molar-refractivity contribution in [3.8, 4) is 16.9 Å². The van der Waals surface area contributed by atoms with Crippen LogP contribution in [0.15, 0.2) is 72.8 Å². The van der Waals surface area contributed by atoms with Gasteiger partial charge in [0.05, 0.1) is 0 Å². The van der Waals surface area contributed by atoms with E-state index >= 15 is 0 Å². The van der Waals surface area contributed by atoms with Gasteiger partial charge in [-0.2, -0.15) is 0 Å². The van der Waals surface area contributed by atoms with Crippen molar-refractivity contribution in [1.82, 2.24) is 37.2 Å². The summed E-state index contributed by atoms with van der Waals surface area (Å²) in [5.41, 5.74) is 4.70. The molecule has 6 atom stereocenters. The minimum atomic E-state index is -1.29. The van der Waals surface area contributed by atoms with E-state index in [9.17, 15) is 43.5 Å². The lowest BCUT2D eigenvalue weighted by Gasteiger charge is -2.24. The smallest absolute Gasteiger partial charge is 0.407 e. The summed E-state index contributed by atoms with van der Waals surface area (Å²) in [5.74, 6) is -6.06. The standard InChI is InChI=1S/C41H49N7O11/c1-21(35(52)42-19-34(50)51)43-37(54)23(3)46-40(57)33(18-26-14-16-27(49)17-15-26)48-39(56)24(4)45-36(53)22(2)44-38(55)25(5)47-41(58)59-20-32-30-12-8-6-10-28(30)29-11-7-9-13-31(29)32/h6-17,21-25,32-33,49H,18-20H2,1-5H3,(H,42,52)(H,43,54)(H,44,55)(H,45,53)(H,46,57)(H,47,58)(H,48,56)(H,50,51)/t21-,22-,23-,24?,25-,33-/m0/s1. The number of hydrogen-bond acceptors (Lipinski definition) is 10. The zero-order valence-electron chi connectivity index (χ0n) is 33.2. The van der Waals surface area contributed by atoms with Crippen LogP contribution in [0, 0.1) is 0 Å². The van der Waals surface area contributed by atoms with Crippen molar-refractivity contribution in [2.75, 3.05) is 13.2 Å². The van der Waals surface area contributed by atoms with Gasteiger partial charge in [0.1, 0.15) is 55.2 Å². The first kappa shape index (κ1) is 44.7. The van der Waals surface area contributed by atoms with Gasteiger partial charge in [0.25, 0.3) is 0 Å². The summed E-state index contributed by atoms with van der Waals surface area (Å²) >= 11 is 0. The molecular weight excluding hydrogens is 766 g/mol. The summed E-state index contributed by atoms with van der Waals surface area (Å²) in [4.78, 5) is 101. The second kappa shape index (κ2) is 20.4. The molecule has 0 saturated heterocycles. The molecule has 18 heteroatoms. The van der Waals surface area contributed by atoms with E-state index in [1.54, 1.807) is 0 Å². The van der Waals surface area contributed by atoms with E-state index in [4.69, 9.17) is 9.84 Å². The number of carboxylic acid groups (broad SMARTS) is 1. The summed E-state index contributed by atoms with van der Waals surface area (Å²) in [6.07, 6.45) is -0.921. The maximum Gasteiger partial charge on any atom is 0.407 e. The van der Waals surface area contributed by atoms with Gasteiger partial charge >= 0.3 is 12.1 Å². The van der Waals surface area contributed by atoms with Gasteiger partial charge in [0, 0.05) is 12.3 Å². The molecule has 314 valence electrons. The number of ether oxygens (including phenoxy) is 1. The molecule has 4 rings (SSSR count). The number of carboxylic acids is 1. The number of benzene rings is 3. The average molecular weight is 816 g/mol. The van der Waals surface area contributed by atoms with Crippen LogP contribution in [0.2, 0.25) is 0 Å². The van der Waals surface area contributed by atoms with E-state index in [2.05, 4.69) is 37.2 Å². The second-order valence-corrected chi connectivity index (χ2v) is 14.2. The Hall–Kier alpha value is -6.98. The highest BCUT2D eigenvalue weighted by atomic mass is 16.5. The van der Waals surface area contributed by atoms with Crippen molar-refractivity contribution in [3.05, 3.63) is 89.5 Å². The monoisotopic (exact) mass is 815 g/mol. The normalized spacial score (nSPS) is 14.6. The molecule has 0 bridgehead atoms. The van der Waals surface area contributed by atoms with Crippen LogP contribution in [-0.2, 0) is 44.7 Å². The Balaban J connectivity index is 1.28. The molecule has 0 radical (unpaired) electrons. The summed E-state index contributed by atoms with van der Waals surface area (Å²) in [6, 6.07) is 14.4. The van der Waals surface area contributed by atoms with Crippen molar-refractivity contribution in [2.45, 2.75) is 83.2 Å². The lowest BCUT2D eigenvalue weighted by molar-refractivity contribution is -0.138. The zero-order chi connectivity index (χ0) is 43.4. The number of aliphatic carboxylic acids is 1. The summed E-state index contributed by atoms with van der Waals surface area (Å²) in [7, 11) is 0. The third-order valence-corrected chi connectivity index (χ3v) is 9.50. The third kappa shape index (κ3) is 12.5. The van der Waals surface area contributed by atoms with Crippen molar-refractivity contribution in [1.29, 1.82) is 0 Å². The van der Waals surface area contributed by atoms with Crippen LogP contribution < -0.4 is 37.2 Å². The molecule has 1 unspecified atom stereocenters. The second-order valence-electron chi connectivity index (χ2n) is 14.2. The minimum absolute atomic E-state index is 0.0365. The van der Waals surface area contributed by atoms with Gasteiger partial charge < -0.3 is 52.2 Å². The molecule has 0 saturated carbocycles. The number of amides is 7. The van der Waals surface area contributed by atoms with Gasteiger partial charge in [-0.15, -0.1) is 0 Å². The molecule has 0 heterocycles. The van der Waals surface area contributed by atoms with Crippen LogP contribution in [0.1, 0.15) is 57.2 Å². The van der Waals surface area contributed by atoms with Crippen LogP contribution in [0.25, 0.3) is 11.1 Å². The summed E-state index contributed by atoms with van der Waals surface area (Å²) in [6.45, 7) is 6.19. The third-order valence-electron chi connectivity index (χ3n) is 9.50. The predicted molar refractivity (Wildman–Crippen MR) is 212 cm³/mol. The molecule has 0 fully saturated rings. The fraction of sp³-hybridized carbons (Fsp3) is 0.366. The minimum Gasteiger partial charge on any atom is -0.508 e.